The molecule has 0 aliphatic carbocycles. The van der Waals surface area contributed by atoms with Gasteiger partial charge in [-0.3, -0.25) is 4.79 Å². The molecule has 3 heterocycles. The van der Waals surface area contributed by atoms with Crippen molar-refractivity contribution < 1.29 is 23.1 Å². The van der Waals surface area contributed by atoms with Gasteiger partial charge in [0.1, 0.15) is 9.22 Å². The SMILES string of the molecule is O=C(O)c1ccccc1-c1csc(CN2CCN(S(=O)(=O)c3cc4ccc(Cl)cc4s3)CC2=O)n1. The number of carboxylic acid groups (broad SMARTS) is 1. The molecule has 1 fully saturated rings. The van der Waals surface area contributed by atoms with Crippen LogP contribution in [0.5, 0.6) is 0 Å². The molecule has 180 valence electrons. The van der Waals surface area contributed by atoms with Gasteiger partial charge in [0.2, 0.25) is 5.91 Å². The molecule has 1 N–H and O–H groups in total. The molecule has 1 amide bonds. The third kappa shape index (κ3) is 4.69. The molecule has 0 radical (unpaired) electrons. The normalized spacial score (nSPS) is 15.1. The third-order valence-corrected chi connectivity index (χ3v) is 10.1. The number of piperazine rings is 1. The molecule has 2 aromatic heterocycles. The summed E-state index contributed by atoms with van der Waals surface area (Å²) in [5.74, 6) is -1.35. The maximum Gasteiger partial charge on any atom is 0.336 e. The molecule has 0 unspecified atom stereocenters. The number of carboxylic acids is 1. The van der Waals surface area contributed by atoms with E-state index in [2.05, 4.69) is 4.98 Å². The highest BCUT2D eigenvalue weighted by Gasteiger charge is 2.34. The Balaban J connectivity index is 1.29. The zero-order chi connectivity index (χ0) is 24.7. The van der Waals surface area contributed by atoms with Crippen LogP contribution in [-0.2, 0) is 21.4 Å². The van der Waals surface area contributed by atoms with Crippen molar-refractivity contribution in [1.29, 1.82) is 0 Å². The highest BCUT2D eigenvalue weighted by molar-refractivity contribution is 7.91. The van der Waals surface area contributed by atoms with E-state index in [1.807, 2.05) is 0 Å². The molecule has 35 heavy (non-hydrogen) atoms. The molecule has 8 nitrogen and oxygen atoms in total. The smallest absolute Gasteiger partial charge is 0.336 e. The number of hydrogen-bond acceptors (Lipinski definition) is 7. The summed E-state index contributed by atoms with van der Waals surface area (Å²) in [5, 5.41) is 13.1. The van der Waals surface area contributed by atoms with Crippen LogP contribution in [-0.4, -0.2) is 59.2 Å². The van der Waals surface area contributed by atoms with Crippen LogP contribution in [0, 0.1) is 0 Å². The number of sulfonamides is 1. The second-order valence-corrected chi connectivity index (χ2v) is 12.5. The molecular weight excluding hydrogens is 530 g/mol. The summed E-state index contributed by atoms with van der Waals surface area (Å²) < 4.78 is 28.5. The van der Waals surface area contributed by atoms with Crippen LogP contribution in [0.1, 0.15) is 15.4 Å². The van der Waals surface area contributed by atoms with Crippen molar-refractivity contribution >= 4 is 66.3 Å². The molecule has 0 atom stereocenters. The first-order valence-corrected chi connectivity index (χ1v) is 14.0. The van der Waals surface area contributed by atoms with E-state index in [0.717, 1.165) is 21.4 Å². The van der Waals surface area contributed by atoms with Gasteiger partial charge < -0.3 is 10.0 Å². The molecule has 0 saturated carbocycles. The summed E-state index contributed by atoms with van der Waals surface area (Å²) in [4.78, 5) is 30.4. The second kappa shape index (κ2) is 9.32. The van der Waals surface area contributed by atoms with Gasteiger partial charge in [-0.2, -0.15) is 4.31 Å². The standard InChI is InChI=1S/C23H18ClN3O5S3/c24-15-6-5-14-9-22(34-19(14)10-15)35(31,32)27-8-7-26(21(28)12-27)11-20-25-18(13-33-20)16-3-1-2-4-17(16)23(29)30/h1-6,9-10,13H,7-8,11-12H2,(H,29,30). The van der Waals surface area contributed by atoms with Gasteiger partial charge >= 0.3 is 5.97 Å². The fraction of sp³-hybridized carbons (Fsp3) is 0.174. The Morgan fingerprint density at radius 3 is 2.71 bits per heavy atom. The van der Waals surface area contributed by atoms with Crippen LogP contribution in [0.2, 0.25) is 5.02 Å². The molecule has 0 spiro atoms. The van der Waals surface area contributed by atoms with Gasteiger partial charge in [0.15, 0.2) is 0 Å². The lowest BCUT2D eigenvalue weighted by molar-refractivity contribution is -0.134. The van der Waals surface area contributed by atoms with E-state index in [1.165, 1.54) is 21.7 Å². The molecule has 4 aromatic rings. The fourth-order valence-electron chi connectivity index (χ4n) is 3.86. The average molecular weight is 548 g/mol. The lowest BCUT2D eigenvalue weighted by Crippen LogP contribution is -2.51. The number of thiophene rings is 1. The molecule has 12 heteroatoms. The Kier molecular flexibility index (Phi) is 6.36. The van der Waals surface area contributed by atoms with E-state index in [9.17, 15) is 23.1 Å². The highest BCUT2D eigenvalue weighted by Crippen LogP contribution is 2.33. The number of thiazole rings is 1. The number of amides is 1. The van der Waals surface area contributed by atoms with Crippen molar-refractivity contribution in [3.63, 3.8) is 0 Å². The minimum absolute atomic E-state index is 0.155. The van der Waals surface area contributed by atoms with E-state index in [4.69, 9.17) is 11.6 Å². The van der Waals surface area contributed by atoms with Gasteiger partial charge in [-0.25, -0.2) is 18.2 Å². The molecule has 1 aliphatic rings. The zero-order valence-electron chi connectivity index (χ0n) is 18.0. The van der Waals surface area contributed by atoms with Crippen molar-refractivity contribution in [2.24, 2.45) is 0 Å². The monoisotopic (exact) mass is 547 g/mol. The molecule has 0 bridgehead atoms. The molecule has 1 saturated heterocycles. The van der Waals surface area contributed by atoms with Gasteiger partial charge in [-0.1, -0.05) is 35.9 Å². The third-order valence-electron chi connectivity index (χ3n) is 5.65. The minimum atomic E-state index is -3.82. The number of benzene rings is 2. The van der Waals surface area contributed by atoms with Crippen molar-refractivity contribution in [3.8, 4) is 11.3 Å². The number of nitrogens with zero attached hydrogens (tertiary/aromatic N) is 3. The maximum absolute atomic E-state index is 13.2. The first-order valence-electron chi connectivity index (χ1n) is 10.5. The van der Waals surface area contributed by atoms with E-state index < -0.39 is 16.0 Å². The number of carbonyl (C=O) groups excluding carboxylic acids is 1. The number of aromatic carboxylic acids is 1. The molecule has 5 rings (SSSR count). The first kappa shape index (κ1) is 23.9. The first-order chi connectivity index (χ1) is 16.7. The lowest BCUT2D eigenvalue weighted by atomic mass is 10.1. The Morgan fingerprint density at radius 2 is 1.94 bits per heavy atom. The van der Waals surface area contributed by atoms with Gasteiger partial charge in [0.05, 0.1) is 24.3 Å². The van der Waals surface area contributed by atoms with Crippen LogP contribution in [0.4, 0.5) is 0 Å². The summed E-state index contributed by atoms with van der Waals surface area (Å²) in [6.45, 7) is 0.379. The van der Waals surface area contributed by atoms with Crippen LogP contribution in [0.15, 0.2) is 58.1 Å². The van der Waals surface area contributed by atoms with Gasteiger partial charge in [0, 0.05) is 33.8 Å². The summed E-state index contributed by atoms with van der Waals surface area (Å²) in [6, 6.07) is 13.4. The highest BCUT2D eigenvalue weighted by atomic mass is 35.5. The van der Waals surface area contributed by atoms with E-state index in [-0.39, 0.29) is 41.9 Å². The van der Waals surface area contributed by atoms with E-state index >= 15 is 0 Å². The molecule has 2 aromatic carbocycles. The topological polar surface area (TPSA) is 108 Å². The predicted octanol–water partition coefficient (Wildman–Crippen LogP) is 4.41. The fourth-order valence-corrected chi connectivity index (χ4v) is 7.88. The second-order valence-electron chi connectivity index (χ2n) is 7.88. The summed E-state index contributed by atoms with van der Waals surface area (Å²) in [5.41, 5.74) is 1.19. The van der Waals surface area contributed by atoms with Gasteiger partial charge in [0.25, 0.3) is 10.0 Å². The summed E-state index contributed by atoms with van der Waals surface area (Å²) in [7, 11) is -3.82. The van der Waals surface area contributed by atoms with Gasteiger partial charge in [-0.15, -0.1) is 22.7 Å². The number of rotatable bonds is 6. The minimum Gasteiger partial charge on any atom is -0.478 e. The predicted molar refractivity (Wildman–Crippen MR) is 136 cm³/mol. The van der Waals surface area contributed by atoms with E-state index in [1.54, 1.807) is 52.7 Å². The number of halogens is 1. The van der Waals surface area contributed by atoms with Crippen LogP contribution >= 0.6 is 34.3 Å². The van der Waals surface area contributed by atoms with Gasteiger partial charge in [-0.05, 0) is 29.7 Å². The van der Waals surface area contributed by atoms with Crippen molar-refractivity contribution in [1.82, 2.24) is 14.2 Å². The van der Waals surface area contributed by atoms with Crippen molar-refractivity contribution in [2.75, 3.05) is 19.6 Å². The Labute approximate surface area is 214 Å². The van der Waals surface area contributed by atoms with Crippen LogP contribution < -0.4 is 0 Å². The lowest BCUT2D eigenvalue weighted by Gasteiger charge is -2.32. The number of aromatic nitrogens is 1. The summed E-state index contributed by atoms with van der Waals surface area (Å²) >= 11 is 8.48. The zero-order valence-corrected chi connectivity index (χ0v) is 21.3. The number of fused-ring (bicyclic) bond motifs is 1. The Hall–Kier alpha value is -2.83. The number of carbonyl (C=O) groups is 2. The largest absolute Gasteiger partial charge is 0.478 e. The quantitative estimate of drug-likeness (QED) is 0.383. The average Bonchev–Trinajstić information content (AvgIpc) is 3.47. The number of hydrogen-bond donors (Lipinski definition) is 1. The van der Waals surface area contributed by atoms with Crippen LogP contribution in [0.3, 0.4) is 0 Å². The Morgan fingerprint density at radius 1 is 1.14 bits per heavy atom. The van der Waals surface area contributed by atoms with Crippen molar-refractivity contribution in [2.45, 2.75) is 10.8 Å². The maximum atomic E-state index is 13.2. The van der Waals surface area contributed by atoms with Crippen LogP contribution in [0.25, 0.3) is 21.3 Å². The van der Waals surface area contributed by atoms with E-state index in [0.29, 0.717) is 21.3 Å². The molecular formula is C23H18ClN3O5S3. The summed E-state index contributed by atoms with van der Waals surface area (Å²) in [6.07, 6.45) is 0. The Bertz CT molecular complexity index is 1560. The van der Waals surface area contributed by atoms with Crippen molar-refractivity contribution in [3.05, 3.63) is 69.5 Å². The molecule has 1 aliphatic heterocycles.